The third-order valence-corrected chi connectivity index (χ3v) is 7.95. The van der Waals surface area contributed by atoms with Gasteiger partial charge >= 0.3 is 0 Å². The lowest BCUT2D eigenvalue weighted by Crippen LogP contribution is -2.49. The maximum Gasteiger partial charge on any atom is 0.262 e. The molecule has 2 amide bonds. The van der Waals surface area contributed by atoms with Gasteiger partial charge in [-0.2, -0.15) is 5.10 Å². The van der Waals surface area contributed by atoms with Gasteiger partial charge in [0.25, 0.3) is 5.91 Å². The first-order valence-electron chi connectivity index (χ1n) is 13.8. The Bertz CT molecular complexity index is 1170. The van der Waals surface area contributed by atoms with Gasteiger partial charge in [-0.15, -0.1) is 0 Å². The Morgan fingerprint density at radius 2 is 1.77 bits per heavy atom. The van der Waals surface area contributed by atoms with E-state index < -0.39 is 0 Å². The number of carbonyl (C=O) groups excluding carboxylic acids is 2. The Morgan fingerprint density at radius 3 is 2.44 bits per heavy atom. The molecule has 0 radical (unpaired) electrons. The van der Waals surface area contributed by atoms with E-state index in [9.17, 15) is 9.59 Å². The molecule has 9 nitrogen and oxygen atoms in total. The largest absolute Gasteiger partial charge is 0.497 e. The zero-order valence-electron chi connectivity index (χ0n) is 22.9. The number of hydrogen-bond acceptors (Lipinski definition) is 7. The molecular weight excluding hydrogens is 496 g/mol. The van der Waals surface area contributed by atoms with Crippen molar-refractivity contribution in [3.63, 3.8) is 0 Å². The number of nitrogens with zero attached hydrogens (tertiary/aromatic N) is 4. The van der Waals surface area contributed by atoms with E-state index in [2.05, 4.69) is 4.90 Å². The van der Waals surface area contributed by atoms with Crippen molar-refractivity contribution in [2.75, 3.05) is 60.2 Å². The number of hydrogen-bond donors (Lipinski definition) is 0. The number of rotatable bonds is 10. The molecule has 1 aliphatic carbocycles. The first kappa shape index (κ1) is 27.1. The van der Waals surface area contributed by atoms with Crippen molar-refractivity contribution in [1.82, 2.24) is 14.8 Å². The first-order valence-corrected chi connectivity index (χ1v) is 13.8. The summed E-state index contributed by atoms with van der Waals surface area (Å²) in [5, 5.41) is 6.40. The fourth-order valence-electron chi connectivity index (χ4n) is 5.31. The molecule has 1 saturated heterocycles. The first-order chi connectivity index (χ1) is 19.1. The smallest absolute Gasteiger partial charge is 0.262 e. The summed E-state index contributed by atoms with van der Waals surface area (Å²) in [5.74, 6) is 1.42. The molecule has 2 fully saturated rings. The lowest BCUT2D eigenvalue weighted by Gasteiger charge is -2.34. The number of carbonyl (C=O) groups is 2. The van der Waals surface area contributed by atoms with E-state index in [0.29, 0.717) is 26.2 Å². The summed E-state index contributed by atoms with van der Waals surface area (Å²) in [4.78, 5) is 31.3. The molecule has 0 N–H and O–H groups in total. The minimum Gasteiger partial charge on any atom is -0.497 e. The number of amides is 2. The van der Waals surface area contributed by atoms with Gasteiger partial charge in [-0.25, -0.2) is 5.01 Å². The van der Waals surface area contributed by atoms with E-state index in [1.165, 1.54) is 0 Å². The topological polar surface area (TPSA) is 83.9 Å². The minimum absolute atomic E-state index is 0.0151. The second kappa shape index (κ2) is 12.6. The molecule has 0 aromatic heterocycles. The molecule has 39 heavy (non-hydrogen) atoms. The third-order valence-electron chi connectivity index (χ3n) is 7.95. The van der Waals surface area contributed by atoms with Gasteiger partial charge in [-0.05, 0) is 42.7 Å². The van der Waals surface area contributed by atoms with Crippen LogP contribution in [0.25, 0.3) is 0 Å². The lowest BCUT2D eigenvalue weighted by molar-refractivity contribution is -0.145. The van der Waals surface area contributed by atoms with Gasteiger partial charge in [-0.3, -0.25) is 14.5 Å². The van der Waals surface area contributed by atoms with Crippen molar-refractivity contribution in [2.45, 2.75) is 31.7 Å². The lowest BCUT2D eigenvalue weighted by atomic mass is 9.84. The fraction of sp³-hybridized carbons (Fsp3) is 0.500. The van der Waals surface area contributed by atoms with Gasteiger partial charge < -0.3 is 19.1 Å². The second-order valence-electron chi connectivity index (χ2n) is 10.4. The Hall–Kier alpha value is -3.43. The molecule has 9 heteroatoms. The van der Waals surface area contributed by atoms with Crippen molar-refractivity contribution in [3.8, 4) is 11.5 Å². The quantitative estimate of drug-likeness (QED) is 0.465. The molecule has 0 bridgehead atoms. The molecule has 2 heterocycles. The molecule has 2 aromatic rings. The predicted octanol–water partition coefficient (Wildman–Crippen LogP) is 3.34. The molecule has 1 unspecified atom stereocenters. The summed E-state index contributed by atoms with van der Waals surface area (Å²) in [7, 11) is 3.27. The van der Waals surface area contributed by atoms with Crippen molar-refractivity contribution < 1.29 is 23.8 Å². The Kier molecular flexibility index (Phi) is 8.78. The Labute approximate surface area is 230 Å². The van der Waals surface area contributed by atoms with E-state index in [4.69, 9.17) is 19.3 Å². The molecule has 208 valence electrons. The van der Waals surface area contributed by atoms with Crippen LogP contribution < -0.4 is 9.47 Å². The SMILES string of the molecule is COc1ccc(C2CC(c3cccc(OC)c3)=NN2C(=O)CN(CCN2CCOCC2)C(=O)C2CCC2)cc1. The van der Waals surface area contributed by atoms with Gasteiger partial charge in [0.15, 0.2) is 0 Å². The van der Waals surface area contributed by atoms with Crippen LogP contribution in [0.3, 0.4) is 0 Å². The van der Waals surface area contributed by atoms with Crippen LogP contribution in [0.4, 0.5) is 0 Å². The van der Waals surface area contributed by atoms with E-state index in [1.54, 1.807) is 24.1 Å². The van der Waals surface area contributed by atoms with Crippen LogP contribution in [0.1, 0.15) is 42.9 Å². The highest BCUT2D eigenvalue weighted by Crippen LogP contribution is 2.35. The summed E-state index contributed by atoms with van der Waals surface area (Å²) in [6.07, 6.45) is 3.44. The van der Waals surface area contributed by atoms with Crippen LogP contribution in [0.15, 0.2) is 53.6 Å². The van der Waals surface area contributed by atoms with Crippen molar-refractivity contribution in [2.24, 2.45) is 11.0 Å². The monoisotopic (exact) mass is 534 g/mol. The average molecular weight is 535 g/mol. The third kappa shape index (κ3) is 6.42. The molecule has 2 aliphatic heterocycles. The number of ether oxygens (including phenoxy) is 3. The average Bonchev–Trinajstić information content (AvgIpc) is 3.40. The van der Waals surface area contributed by atoms with Crippen molar-refractivity contribution in [1.29, 1.82) is 0 Å². The molecule has 1 atom stereocenters. The predicted molar refractivity (Wildman–Crippen MR) is 148 cm³/mol. The fourth-order valence-corrected chi connectivity index (χ4v) is 5.31. The summed E-state index contributed by atoms with van der Waals surface area (Å²) in [6.45, 7) is 4.37. The van der Waals surface area contributed by atoms with Gasteiger partial charge in [-0.1, -0.05) is 30.7 Å². The standard InChI is InChI=1S/C30H38N4O5/c1-37-25-11-9-22(10-12-25)28-20-27(24-7-4-8-26(19-24)38-2)31-34(28)29(35)21-33(30(36)23-5-3-6-23)14-13-32-15-17-39-18-16-32/h4,7-12,19,23,28H,3,5-6,13-18,20-21H2,1-2H3. The second-order valence-corrected chi connectivity index (χ2v) is 10.4. The van der Waals surface area contributed by atoms with E-state index in [-0.39, 0.29) is 30.3 Å². The molecule has 5 rings (SSSR count). The van der Waals surface area contributed by atoms with Crippen LogP contribution in [-0.2, 0) is 14.3 Å². The molecule has 0 spiro atoms. The highest BCUT2D eigenvalue weighted by atomic mass is 16.5. The Balaban J connectivity index is 1.38. The number of benzene rings is 2. The van der Waals surface area contributed by atoms with E-state index in [1.807, 2.05) is 48.5 Å². The maximum absolute atomic E-state index is 13.9. The normalized spacial score (nSPS) is 19.8. The zero-order chi connectivity index (χ0) is 27.2. The number of methoxy groups -OCH3 is 2. The van der Waals surface area contributed by atoms with Gasteiger partial charge in [0.2, 0.25) is 5.91 Å². The minimum atomic E-state index is -0.274. The van der Waals surface area contributed by atoms with Crippen LogP contribution in [0.5, 0.6) is 11.5 Å². The van der Waals surface area contributed by atoms with Crippen LogP contribution in [0, 0.1) is 5.92 Å². The van der Waals surface area contributed by atoms with Crippen molar-refractivity contribution in [3.05, 3.63) is 59.7 Å². The van der Waals surface area contributed by atoms with E-state index >= 15 is 0 Å². The van der Waals surface area contributed by atoms with Gasteiger partial charge in [0.05, 0.1) is 39.2 Å². The molecule has 3 aliphatic rings. The van der Waals surface area contributed by atoms with Gasteiger partial charge in [0, 0.05) is 44.1 Å². The summed E-state index contributed by atoms with van der Waals surface area (Å²) >= 11 is 0. The summed E-state index contributed by atoms with van der Waals surface area (Å²) in [6, 6.07) is 15.2. The van der Waals surface area contributed by atoms with E-state index in [0.717, 1.165) is 67.2 Å². The zero-order valence-corrected chi connectivity index (χ0v) is 22.9. The summed E-state index contributed by atoms with van der Waals surface area (Å²) < 4.78 is 16.2. The highest BCUT2D eigenvalue weighted by molar-refractivity contribution is 6.03. The van der Waals surface area contributed by atoms with Crippen LogP contribution >= 0.6 is 0 Å². The molecule has 1 saturated carbocycles. The molecular formula is C30H38N4O5. The Morgan fingerprint density at radius 1 is 1.03 bits per heavy atom. The molecule has 2 aromatic carbocycles. The van der Waals surface area contributed by atoms with Gasteiger partial charge in [0.1, 0.15) is 18.0 Å². The maximum atomic E-state index is 13.9. The van der Waals surface area contributed by atoms with Crippen LogP contribution in [0.2, 0.25) is 0 Å². The van der Waals surface area contributed by atoms with Crippen LogP contribution in [-0.4, -0.2) is 92.5 Å². The summed E-state index contributed by atoms with van der Waals surface area (Å²) in [5.41, 5.74) is 2.70. The van der Waals surface area contributed by atoms with Crippen molar-refractivity contribution >= 4 is 17.5 Å². The number of hydrazone groups is 1. The number of morpholine rings is 1. The highest BCUT2D eigenvalue weighted by Gasteiger charge is 2.36.